The number of carbonyl (C=O) groups excluding carboxylic acids is 2. The Labute approximate surface area is 155 Å². The van der Waals surface area contributed by atoms with Crippen LogP contribution in [0.3, 0.4) is 0 Å². The second-order valence-electron chi connectivity index (χ2n) is 5.90. The molecule has 2 aromatic rings. The highest BCUT2D eigenvalue weighted by Gasteiger charge is 2.25. The molecule has 1 aliphatic rings. The predicted octanol–water partition coefficient (Wildman–Crippen LogP) is 3.42. The van der Waals surface area contributed by atoms with Crippen LogP contribution in [-0.2, 0) is 0 Å². The van der Waals surface area contributed by atoms with E-state index in [0.717, 1.165) is 0 Å². The summed E-state index contributed by atoms with van der Waals surface area (Å²) in [7, 11) is 0. The fraction of sp³-hybridized carbons (Fsp3) is 0.278. The molecule has 0 radical (unpaired) electrons. The first-order valence-corrected chi connectivity index (χ1v) is 8.75. The van der Waals surface area contributed by atoms with Crippen molar-refractivity contribution < 1.29 is 9.59 Å². The first kappa shape index (κ1) is 17.7. The van der Waals surface area contributed by atoms with Gasteiger partial charge in [0, 0.05) is 42.7 Å². The molecular formula is C18H17Cl2N3O2. The monoisotopic (exact) mass is 377 g/mol. The minimum absolute atomic E-state index is 0.0542. The molecular weight excluding hydrogens is 361 g/mol. The molecule has 2 amide bonds. The SMILES string of the molecule is O=C(NC1CCN(C(=O)c2ccc(Cl)c(Cl)c2)CC1)c1ccncc1. The number of pyridine rings is 1. The van der Waals surface area contributed by atoms with Crippen molar-refractivity contribution in [2.75, 3.05) is 13.1 Å². The number of piperidine rings is 1. The van der Waals surface area contributed by atoms with Crippen molar-refractivity contribution in [3.8, 4) is 0 Å². The van der Waals surface area contributed by atoms with Crippen molar-refractivity contribution in [2.45, 2.75) is 18.9 Å². The van der Waals surface area contributed by atoms with E-state index in [1.807, 2.05) is 0 Å². The van der Waals surface area contributed by atoms with Crippen LogP contribution in [-0.4, -0.2) is 40.8 Å². The molecule has 25 heavy (non-hydrogen) atoms. The van der Waals surface area contributed by atoms with Crippen LogP contribution in [0.25, 0.3) is 0 Å². The third-order valence-electron chi connectivity index (χ3n) is 4.23. The molecule has 0 bridgehead atoms. The number of nitrogens with zero attached hydrogens (tertiary/aromatic N) is 2. The first-order valence-electron chi connectivity index (χ1n) is 8.00. The van der Waals surface area contributed by atoms with Gasteiger partial charge in [0.2, 0.25) is 0 Å². The van der Waals surface area contributed by atoms with Gasteiger partial charge in [0.25, 0.3) is 11.8 Å². The number of carbonyl (C=O) groups is 2. The third kappa shape index (κ3) is 4.30. The van der Waals surface area contributed by atoms with E-state index >= 15 is 0 Å². The zero-order chi connectivity index (χ0) is 17.8. The predicted molar refractivity (Wildman–Crippen MR) is 97.1 cm³/mol. The van der Waals surface area contributed by atoms with Crippen LogP contribution in [0.15, 0.2) is 42.7 Å². The summed E-state index contributed by atoms with van der Waals surface area (Å²) >= 11 is 11.9. The molecule has 1 aliphatic heterocycles. The number of aromatic nitrogens is 1. The molecule has 7 heteroatoms. The Morgan fingerprint density at radius 2 is 1.68 bits per heavy atom. The molecule has 1 saturated heterocycles. The quantitative estimate of drug-likeness (QED) is 0.890. The summed E-state index contributed by atoms with van der Waals surface area (Å²) in [5, 5.41) is 3.80. The number of benzene rings is 1. The Bertz CT molecular complexity index is 775. The number of halogens is 2. The Hall–Kier alpha value is -2.11. The summed E-state index contributed by atoms with van der Waals surface area (Å²) < 4.78 is 0. The molecule has 0 spiro atoms. The summed E-state index contributed by atoms with van der Waals surface area (Å²) in [6, 6.07) is 8.30. The molecule has 130 valence electrons. The van der Waals surface area contributed by atoms with Crippen LogP contribution in [0.2, 0.25) is 10.0 Å². The topological polar surface area (TPSA) is 62.3 Å². The molecule has 0 unspecified atom stereocenters. The van der Waals surface area contributed by atoms with E-state index in [-0.39, 0.29) is 17.9 Å². The minimum Gasteiger partial charge on any atom is -0.349 e. The van der Waals surface area contributed by atoms with Crippen LogP contribution < -0.4 is 5.32 Å². The largest absolute Gasteiger partial charge is 0.349 e. The lowest BCUT2D eigenvalue weighted by Crippen LogP contribution is -2.46. The number of rotatable bonds is 3. The van der Waals surface area contributed by atoms with Gasteiger partial charge in [-0.25, -0.2) is 0 Å². The summed E-state index contributed by atoms with van der Waals surface area (Å²) in [6.07, 6.45) is 4.61. The smallest absolute Gasteiger partial charge is 0.253 e. The summed E-state index contributed by atoms with van der Waals surface area (Å²) in [5.74, 6) is -0.186. The molecule has 3 rings (SSSR count). The van der Waals surface area contributed by atoms with E-state index in [2.05, 4.69) is 10.3 Å². The highest BCUT2D eigenvalue weighted by molar-refractivity contribution is 6.42. The maximum atomic E-state index is 12.5. The maximum Gasteiger partial charge on any atom is 0.253 e. The first-order chi connectivity index (χ1) is 12.0. The number of likely N-dealkylation sites (tertiary alicyclic amines) is 1. The van der Waals surface area contributed by atoms with Crippen molar-refractivity contribution in [1.29, 1.82) is 0 Å². The molecule has 0 aliphatic carbocycles. The van der Waals surface area contributed by atoms with Gasteiger partial charge in [-0.15, -0.1) is 0 Å². The second-order valence-corrected chi connectivity index (χ2v) is 6.72. The molecule has 1 fully saturated rings. The normalized spacial score (nSPS) is 15.0. The third-order valence-corrected chi connectivity index (χ3v) is 4.97. The molecule has 1 aromatic carbocycles. The van der Waals surface area contributed by atoms with Gasteiger partial charge in [-0.1, -0.05) is 23.2 Å². The number of amides is 2. The fourth-order valence-corrected chi connectivity index (χ4v) is 3.11. The lowest BCUT2D eigenvalue weighted by Gasteiger charge is -2.32. The Kier molecular flexibility index (Phi) is 5.56. The van der Waals surface area contributed by atoms with E-state index in [0.29, 0.717) is 47.1 Å². The number of hydrogen-bond acceptors (Lipinski definition) is 3. The number of nitrogens with one attached hydrogen (secondary N) is 1. The molecule has 5 nitrogen and oxygen atoms in total. The van der Waals surface area contributed by atoms with Gasteiger partial charge in [-0.3, -0.25) is 14.6 Å². The van der Waals surface area contributed by atoms with Gasteiger partial charge in [-0.05, 0) is 43.2 Å². The van der Waals surface area contributed by atoms with Crippen molar-refractivity contribution >= 4 is 35.0 Å². The van der Waals surface area contributed by atoms with E-state index in [4.69, 9.17) is 23.2 Å². The van der Waals surface area contributed by atoms with Gasteiger partial charge >= 0.3 is 0 Å². The van der Waals surface area contributed by atoms with Gasteiger partial charge in [0.1, 0.15) is 0 Å². The van der Waals surface area contributed by atoms with Crippen LogP contribution >= 0.6 is 23.2 Å². The molecule has 1 N–H and O–H groups in total. The van der Waals surface area contributed by atoms with Gasteiger partial charge in [-0.2, -0.15) is 0 Å². The highest BCUT2D eigenvalue weighted by atomic mass is 35.5. The van der Waals surface area contributed by atoms with E-state index < -0.39 is 0 Å². The highest BCUT2D eigenvalue weighted by Crippen LogP contribution is 2.24. The lowest BCUT2D eigenvalue weighted by molar-refractivity contribution is 0.0698. The Morgan fingerprint density at radius 3 is 2.32 bits per heavy atom. The Morgan fingerprint density at radius 1 is 1.00 bits per heavy atom. The molecule has 1 aromatic heterocycles. The van der Waals surface area contributed by atoms with Crippen molar-refractivity contribution in [3.05, 3.63) is 63.9 Å². The average molecular weight is 378 g/mol. The fourth-order valence-electron chi connectivity index (χ4n) is 2.81. The average Bonchev–Trinajstić information content (AvgIpc) is 2.65. The van der Waals surface area contributed by atoms with Crippen LogP contribution in [0.5, 0.6) is 0 Å². The van der Waals surface area contributed by atoms with Crippen LogP contribution in [0.1, 0.15) is 33.6 Å². The summed E-state index contributed by atoms with van der Waals surface area (Å²) in [6.45, 7) is 1.17. The zero-order valence-corrected chi connectivity index (χ0v) is 14.9. The minimum atomic E-state index is -0.114. The standard InChI is InChI=1S/C18H17Cl2N3O2/c19-15-2-1-13(11-16(15)20)18(25)23-9-5-14(6-10-23)22-17(24)12-3-7-21-8-4-12/h1-4,7-8,11,14H,5-6,9-10H2,(H,22,24). The van der Waals surface area contributed by atoms with Crippen molar-refractivity contribution in [1.82, 2.24) is 15.2 Å². The lowest BCUT2D eigenvalue weighted by atomic mass is 10.0. The van der Waals surface area contributed by atoms with E-state index in [9.17, 15) is 9.59 Å². The Balaban J connectivity index is 1.55. The molecule has 2 heterocycles. The second kappa shape index (κ2) is 7.85. The number of hydrogen-bond donors (Lipinski definition) is 1. The summed E-state index contributed by atoms with van der Waals surface area (Å²) in [5.41, 5.74) is 1.11. The van der Waals surface area contributed by atoms with Crippen LogP contribution in [0.4, 0.5) is 0 Å². The molecule has 0 saturated carbocycles. The van der Waals surface area contributed by atoms with Crippen molar-refractivity contribution in [3.63, 3.8) is 0 Å². The van der Waals surface area contributed by atoms with Crippen LogP contribution in [0, 0.1) is 0 Å². The van der Waals surface area contributed by atoms with E-state index in [1.165, 1.54) is 0 Å². The zero-order valence-electron chi connectivity index (χ0n) is 13.4. The maximum absolute atomic E-state index is 12.5. The molecule has 0 atom stereocenters. The van der Waals surface area contributed by atoms with Gasteiger partial charge in [0.15, 0.2) is 0 Å². The van der Waals surface area contributed by atoms with Crippen molar-refractivity contribution in [2.24, 2.45) is 0 Å². The summed E-state index contributed by atoms with van der Waals surface area (Å²) in [4.78, 5) is 30.4. The van der Waals surface area contributed by atoms with Gasteiger partial charge < -0.3 is 10.2 Å². The van der Waals surface area contributed by atoms with Gasteiger partial charge in [0.05, 0.1) is 10.0 Å². The van der Waals surface area contributed by atoms with E-state index in [1.54, 1.807) is 47.6 Å².